The van der Waals surface area contributed by atoms with Gasteiger partial charge in [-0.1, -0.05) is 13.8 Å². The summed E-state index contributed by atoms with van der Waals surface area (Å²) in [6.45, 7) is 4.27. The maximum absolute atomic E-state index is 11.6. The highest BCUT2D eigenvalue weighted by molar-refractivity contribution is 7.91. The molecule has 5 nitrogen and oxygen atoms in total. The van der Waals surface area contributed by atoms with Crippen LogP contribution in [0.25, 0.3) is 0 Å². The second kappa shape index (κ2) is 6.35. The fraction of sp³-hybridized carbons (Fsp3) is 0.909. The molecule has 0 saturated carbocycles. The van der Waals surface area contributed by atoms with Crippen LogP contribution in [0.1, 0.15) is 33.1 Å². The van der Waals surface area contributed by atoms with Gasteiger partial charge in [-0.15, -0.1) is 0 Å². The van der Waals surface area contributed by atoms with Gasteiger partial charge in [-0.25, -0.2) is 8.42 Å². The molecule has 100 valence electrons. The standard InChI is InChI=1S/C11H22N2O3S/c1-3-9(4-2)13-11(14)7-12-10-5-6-17(15,16)8-10/h9-10,12H,3-8H2,1-2H3,(H,13,14). The lowest BCUT2D eigenvalue weighted by atomic mass is 10.2. The SMILES string of the molecule is CCC(CC)NC(=O)CNC1CCS(=O)(=O)C1. The van der Waals surface area contributed by atoms with E-state index in [1.54, 1.807) is 0 Å². The van der Waals surface area contributed by atoms with Crippen molar-refractivity contribution in [2.24, 2.45) is 0 Å². The van der Waals surface area contributed by atoms with E-state index in [1.165, 1.54) is 0 Å². The fourth-order valence-electron chi connectivity index (χ4n) is 1.96. The molecule has 0 aromatic carbocycles. The zero-order valence-electron chi connectivity index (χ0n) is 10.5. The Morgan fingerprint density at radius 3 is 2.47 bits per heavy atom. The Labute approximate surface area is 103 Å². The van der Waals surface area contributed by atoms with E-state index in [0.717, 1.165) is 12.8 Å². The Kier molecular flexibility index (Phi) is 5.39. The molecule has 1 rings (SSSR count). The van der Waals surface area contributed by atoms with Crippen LogP contribution in [0.2, 0.25) is 0 Å². The Morgan fingerprint density at radius 2 is 2.00 bits per heavy atom. The summed E-state index contributed by atoms with van der Waals surface area (Å²) in [5.74, 6) is 0.340. The smallest absolute Gasteiger partial charge is 0.234 e. The molecular weight excluding hydrogens is 240 g/mol. The molecule has 2 N–H and O–H groups in total. The number of sulfone groups is 1. The van der Waals surface area contributed by atoms with Crippen LogP contribution in [0, 0.1) is 0 Å². The summed E-state index contributed by atoms with van der Waals surface area (Å²) in [4.78, 5) is 11.6. The van der Waals surface area contributed by atoms with Gasteiger partial charge in [0.15, 0.2) is 9.84 Å². The monoisotopic (exact) mass is 262 g/mol. The van der Waals surface area contributed by atoms with Crippen molar-refractivity contribution in [1.29, 1.82) is 0 Å². The van der Waals surface area contributed by atoms with Crippen molar-refractivity contribution in [3.8, 4) is 0 Å². The molecule has 0 aromatic rings. The average molecular weight is 262 g/mol. The lowest BCUT2D eigenvalue weighted by molar-refractivity contribution is -0.121. The number of carbonyl (C=O) groups excluding carboxylic acids is 1. The number of amides is 1. The summed E-state index contributed by atoms with van der Waals surface area (Å²) >= 11 is 0. The minimum atomic E-state index is -2.87. The molecule has 0 bridgehead atoms. The van der Waals surface area contributed by atoms with Gasteiger partial charge in [0.25, 0.3) is 0 Å². The lowest BCUT2D eigenvalue weighted by Gasteiger charge is -2.16. The van der Waals surface area contributed by atoms with Crippen LogP contribution >= 0.6 is 0 Å². The minimum Gasteiger partial charge on any atom is -0.352 e. The predicted octanol–water partition coefficient (Wildman–Crippen LogP) is 0.0679. The van der Waals surface area contributed by atoms with Gasteiger partial charge in [0.05, 0.1) is 18.1 Å². The number of nitrogens with one attached hydrogen (secondary N) is 2. The van der Waals surface area contributed by atoms with Crippen molar-refractivity contribution < 1.29 is 13.2 Å². The first-order valence-electron chi connectivity index (χ1n) is 6.20. The average Bonchev–Trinajstić information content (AvgIpc) is 2.63. The van der Waals surface area contributed by atoms with Gasteiger partial charge >= 0.3 is 0 Å². The molecule has 1 aliphatic rings. The van der Waals surface area contributed by atoms with Crippen LogP contribution in [0.5, 0.6) is 0 Å². The number of carbonyl (C=O) groups is 1. The third-order valence-electron chi connectivity index (χ3n) is 3.13. The van der Waals surface area contributed by atoms with Crippen molar-refractivity contribution in [1.82, 2.24) is 10.6 Å². The second-order valence-corrected chi connectivity index (χ2v) is 6.79. The Balaban J connectivity index is 2.25. The summed E-state index contributed by atoms with van der Waals surface area (Å²) in [7, 11) is -2.87. The van der Waals surface area contributed by atoms with Gasteiger partial charge in [-0.3, -0.25) is 4.79 Å². The Hall–Kier alpha value is -0.620. The topological polar surface area (TPSA) is 75.3 Å². The van der Waals surface area contributed by atoms with Crippen molar-refractivity contribution in [2.45, 2.75) is 45.2 Å². The zero-order chi connectivity index (χ0) is 12.9. The Morgan fingerprint density at radius 1 is 1.35 bits per heavy atom. The summed E-state index contributed by atoms with van der Waals surface area (Å²) in [5.41, 5.74) is 0. The molecule has 17 heavy (non-hydrogen) atoms. The molecule has 0 radical (unpaired) electrons. The molecule has 6 heteroatoms. The first-order chi connectivity index (χ1) is 7.96. The third kappa shape index (κ3) is 5.04. The van der Waals surface area contributed by atoms with Crippen LogP contribution < -0.4 is 10.6 Å². The highest BCUT2D eigenvalue weighted by Gasteiger charge is 2.27. The maximum Gasteiger partial charge on any atom is 0.234 e. The fourth-order valence-corrected chi connectivity index (χ4v) is 3.67. The molecule has 1 aliphatic heterocycles. The molecule has 1 saturated heterocycles. The van der Waals surface area contributed by atoms with E-state index in [1.807, 2.05) is 13.8 Å². The summed E-state index contributed by atoms with van der Waals surface area (Å²) < 4.78 is 22.4. The second-order valence-electron chi connectivity index (χ2n) is 4.56. The number of hydrogen-bond acceptors (Lipinski definition) is 4. The molecule has 1 fully saturated rings. The van der Waals surface area contributed by atoms with Crippen LogP contribution in [0.4, 0.5) is 0 Å². The van der Waals surface area contributed by atoms with Crippen molar-refractivity contribution >= 4 is 15.7 Å². The zero-order valence-corrected chi connectivity index (χ0v) is 11.3. The molecule has 0 aliphatic carbocycles. The van der Waals surface area contributed by atoms with Gasteiger partial charge in [-0.05, 0) is 19.3 Å². The van der Waals surface area contributed by atoms with Gasteiger partial charge in [0, 0.05) is 12.1 Å². The van der Waals surface area contributed by atoms with E-state index < -0.39 is 9.84 Å². The van der Waals surface area contributed by atoms with Crippen LogP contribution in [-0.2, 0) is 14.6 Å². The first-order valence-corrected chi connectivity index (χ1v) is 8.02. The van der Waals surface area contributed by atoms with Crippen molar-refractivity contribution in [2.75, 3.05) is 18.1 Å². The van der Waals surface area contributed by atoms with E-state index in [-0.39, 0.29) is 36.0 Å². The largest absolute Gasteiger partial charge is 0.352 e. The molecular formula is C11H22N2O3S. The van der Waals surface area contributed by atoms with Crippen molar-refractivity contribution in [3.05, 3.63) is 0 Å². The molecule has 1 atom stereocenters. The Bertz CT molecular complexity index is 350. The molecule has 0 aromatic heterocycles. The van der Waals surface area contributed by atoms with Crippen LogP contribution in [-0.4, -0.2) is 44.5 Å². The molecule has 1 amide bonds. The van der Waals surface area contributed by atoms with E-state index in [2.05, 4.69) is 10.6 Å². The highest BCUT2D eigenvalue weighted by Crippen LogP contribution is 2.10. The van der Waals surface area contributed by atoms with Gasteiger partial charge in [0.1, 0.15) is 0 Å². The van der Waals surface area contributed by atoms with E-state index in [0.29, 0.717) is 6.42 Å². The van der Waals surface area contributed by atoms with E-state index >= 15 is 0 Å². The first kappa shape index (κ1) is 14.4. The maximum atomic E-state index is 11.6. The lowest BCUT2D eigenvalue weighted by Crippen LogP contribution is -2.43. The predicted molar refractivity (Wildman–Crippen MR) is 67.6 cm³/mol. The van der Waals surface area contributed by atoms with Gasteiger partial charge < -0.3 is 10.6 Å². The minimum absolute atomic E-state index is 0.0528. The third-order valence-corrected chi connectivity index (χ3v) is 4.90. The summed E-state index contributed by atoms with van der Waals surface area (Å²) in [5, 5.41) is 5.91. The van der Waals surface area contributed by atoms with Crippen LogP contribution in [0.3, 0.4) is 0 Å². The molecule has 0 spiro atoms. The molecule has 1 heterocycles. The van der Waals surface area contributed by atoms with Gasteiger partial charge in [0.2, 0.25) is 5.91 Å². The van der Waals surface area contributed by atoms with Gasteiger partial charge in [-0.2, -0.15) is 0 Å². The van der Waals surface area contributed by atoms with Crippen LogP contribution in [0.15, 0.2) is 0 Å². The molecule has 1 unspecified atom stereocenters. The highest BCUT2D eigenvalue weighted by atomic mass is 32.2. The van der Waals surface area contributed by atoms with E-state index in [9.17, 15) is 13.2 Å². The quantitative estimate of drug-likeness (QED) is 0.710. The van der Waals surface area contributed by atoms with Crippen molar-refractivity contribution in [3.63, 3.8) is 0 Å². The summed E-state index contributed by atoms with van der Waals surface area (Å²) in [6, 6.07) is 0.157. The summed E-state index contributed by atoms with van der Waals surface area (Å²) in [6.07, 6.45) is 2.45. The number of hydrogen-bond donors (Lipinski definition) is 2. The van der Waals surface area contributed by atoms with E-state index in [4.69, 9.17) is 0 Å². The number of rotatable bonds is 6. The normalized spacial score (nSPS) is 22.9.